The van der Waals surface area contributed by atoms with Crippen molar-refractivity contribution in [1.82, 2.24) is 24.5 Å². The summed E-state index contributed by atoms with van der Waals surface area (Å²) in [5.41, 5.74) is 6.60. The first-order valence-corrected chi connectivity index (χ1v) is 17.5. The summed E-state index contributed by atoms with van der Waals surface area (Å²) in [6, 6.07) is 17.5. The highest BCUT2D eigenvalue weighted by molar-refractivity contribution is 6.76. The number of aldehydes is 1. The van der Waals surface area contributed by atoms with Crippen LogP contribution in [0, 0.1) is 6.92 Å². The molecule has 0 spiro atoms. The summed E-state index contributed by atoms with van der Waals surface area (Å²) in [4.78, 5) is 32.8. The molecule has 40 heavy (non-hydrogen) atoms. The second-order valence-corrected chi connectivity index (χ2v) is 17.3. The van der Waals surface area contributed by atoms with Crippen molar-refractivity contribution >= 4 is 47.9 Å². The highest BCUT2D eigenvalue weighted by Crippen LogP contribution is 2.40. The molecule has 2 aromatic carbocycles. The lowest BCUT2D eigenvalue weighted by atomic mass is 9.91. The fourth-order valence-electron chi connectivity index (χ4n) is 5.36. The Bertz CT molecular complexity index is 1710. The Hall–Kier alpha value is -3.95. The monoisotopic (exact) mass is 550 g/mol. The number of rotatable bonds is 8. The van der Waals surface area contributed by atoms with Crippen LogP contribution in [0.1, 0.15) is 23.7 Å². The van der Waals surface area contributed by atoms with Crippen LogP contribution < -0.4 is 4.90 Å². The predicted octanol–water partition coefficient (Wildman–Crippen LogP) is 6.49. The molecule has 0 amide bonds. The summed E-state index contributed by atoms with van der Waals surface area (Å²) >= 11 is 0. The maximum atomic E-state index is 11.7. The Morgan fingerprint density at radius 1 is 1.02 bits per heavy atom. The minimum Gasteiger partial charge on any atom is -0.361 e. The maximum absolute atomic E-state index is 11.7. The first kappa shape index (κ1) is 26.3. The molecule has 1 atom stereocenters. The third-order valence-electron chi connectivity index (χ3n) is 7.65. The molecule has 0 N–H and O–H groups in total. The van der Waals surface area contributed by atoms with Crippen molar-refractivity contribution in [2.24, 2.45) is 0 Å². The Balaban J connectivity index is 1.34. The van der Waals surface area contributed by atoms with Gasteiger partial charge in [-0.05, 0) is 54.8 Å². The van der Waals surface area contributed by atoms with E-state index >= 15 is 0 Å². The van der Waals surface area contributed by atoms with Crippen LogP contribution in [0.3, 0.4) is 0 Å². The zero-order valence-corrected chi connectivity index (χ0v) is 24.5. The van der Waals surface area contributed by atoms with Gasteiger partial charge in [-0.3, -0.25) is 4.57 Å². The molecule has 1 aliphatic rings. The van der Waals surface area contributed by atoms with E-state index in [1.54, 1.807) is 6.33 Å². The van der Waals surface area contributed by atoms with Crippen molar-refractivity contribution in [3.8, 4) is 11.1 Å². The highest BCUT2D eigenvalue weighted by atomic mass is 28.3. The lowest BCUT2D eigenvalue weighted by Gasteiger charge is -2.33. The van der Waals surface area contributed by atoms with Crippen LogP contribution in [0.5, 0.6) is 0 Å². The van der Waals surface area contributed by atoms with Gasteiger partial charge in [-0.2, -0.15) is 0 Å². The number of pyridine rings is 1. The van der Waals surface area contributed by atoms with E-state index in [2.05, 4.69) is 53.8 Å². The van der Waals surface area contributed by atoms with Crippen LogP contribution in [0.15, 0.2) is 61.1 Å². The second-order valence-electron chi connectivity index (χ2n) is 11.7. The van der Waals surface area contributed by atoms with Gasteiger partial charge in [-0.15, -0.1) is 0 Å². The molecule has 0 radical (unpaired) electrons. The van der Waals surface area contributed by atoms with Crippen LogP contribution in [0.4, 0.5) is 11.5 Å². The lowest BCUT2D eigenvalue weighted by molar-refractivity contribution is -0.109. The molecular formula is C31H34N6O2Si. The smallest absolute Gasteiger partial charge is 0.161 e. The number of aromatic nitrogens is 5. The number of fused-ring (bicyclic) bond motifs is 3. The molecule has 6 rings (SSSR count). The molecule has 0 fully saturated rings. The number of hydrogen-bond donors (Lipinski definition) is 0. The lowest BCUT2D eigenvalue weighted by Crippen LogP contribution is -2.28. The quantitative estimate of drug-likeness (QED) is 0.124. The first-order chi connectivity index (χ1) is 19.3. The van der Waals surface area contributed by atoms with Gasteiger partial charge in [0.2, 0.25) is 0 Å². The number of hydrogen-bond acceptors (Lipinski definition) is 7. The zero-order chi connectivity index (χ0) is 27.9. The van der Waals surface area contributed by atoms with Gasteiger partial charge in [0.15, 0.2) is 5.65 Å². The van der Waals surface area contributed by atoms with Crippen molar-refractivity contribution in [1.29, 1.82) is 0 Å². The summed E-state index contributed by atoms with van der Waals surface area (Å²) in [6.45, 7) is 11.0. The van der Waals surface area contributed by atoms with Gasteiger partial charge in [0, 0.05) is 50.0 Å². The number of imidazole rings is 1. The number of carbonyl (C=O) groups is 1. The second kappa shape index (κ2) is 10.6. The fraction of sp³-hybridized carbons (Fsp3) is 0.323. The van der Waals surface area contributed by atoms with E-state index in [-0.39, 0.29) is 5.92 Å². The average molecular weight is 551 g/mol. The summed E-state index contributed by atoms with van der Waals surface area (Å²) in [6.07, 6.45) is 5.31. The van der Waals surface area contributed by atoms with Crippen LogP contribution in [-0.2, 0) is 16.3 Å². The standard InChI is InChI=1S/C31H34N6O2Si/c1-21-35-28-16-24(17-32-31(28)37(21)20-39-13-14-40(2,3)4)22-9-10-27-26(15-22)30(34-19-33-27)36-12-11-23(18-38)25-7-5-6-8-29(25)36/h5-10,15-19,23H,11-14,20H2,1-4H3. The van der Waals surface area contributed by atoms with Gasteiger partial charge in [-0.25, -0.2) is 19.9 Å². The summed E-state index contributed by atoms with van der Waals surface area (Å²) < 4.78 is 8.03. The SMILES string of the molecule is Cc1nc2cc(-c3ccc4ncnc(N5CCC(C=O)c6ccccc65)c4c3)cnc2n1COCC[Si](C)(C)C. The van der Waals surface area contributed by atoms with Crippen molar-refractivity contribution in [3.05, 3.63) is 72.4 Å². The first-order valence-electron chi connectivity index (χ1n) is 13.8. The largest absolute Gasteiger partial charge is 0.361 e. The molecule has 204 valence electrons. The summed E-state index contributed by atoms with van der Waals surface area (Å²) in [5, 5.41) is 0.956. The molecular weight excluding hydrogens is 516 g/mol. The van der Waals surface area contributed by atoms with Gasteiger partial charge >= 0.3 is 0 Å². The van der Waals surface area contributed by atoms with Gasteiger partial charge in [-0.1, -0.05) is 43.9 Å². The van der Waals surface area contributed by atoms with Crippen molar-refractivity contribution < 1.29 is 9.53 Å². The van der Waals surface area contributed by atoms with Crippen molar-refractivity contribution in [2.75, 3.05) is 18.1 Å². The number of para-hydroxylation sites is 1. The van der Waals surface area contributed by atoms with E-state index in [1.165, 1.54) is 0 Å². The molecule has 9 heteroatoms. The highest BCUT2D eigenvalue weighted by Gasteiger charge is 2.27. The van der Waals surface area contributed by atoms with E-state index in [9.17, 15) is 4.79 Å². The van der Waals surface area contributed by atoms with Crippen LogP contribution >= 0.6 is 0 Å². The topological polar surface area (TPSA) is 86.0 Å². The molecule has 8 nitrogen and oxygen atoms in total. The van der Waals surface area contributed by atoms with Crippen LogP contribution in [0.2, 0.25) is 25.7 Å². The van der Waals surface area contributed by atoms with Crippen LogP contribution in [-0.4, -0.2) is 52.0 Å². The number of aryl methyl sites for hydroxylation is 1. The molecule has 0 bridgehead atoms. The van der Waals surface area contributed by atoms with E-state index in [4.69, 9.17) is 19.7 Å². The van der Waals surface area contributed by atoms with E-state index in [0.29, 0.717) is 13.3 Å². The van der Waals surface area contributed by atoms with E-state index in [0.717, 1.165) is 81.4 Å². The minimum atomic E-state index is -1.14. The molecule has 1 aliphatic heterocycles. The van der Waals surface area contributed by atoms with Crippen LogP contribution in [0.25, 0.3) is 33.2 Å². The Labute approximate surface area is 235 Å². The molecule has 4 heterocycles. The summed E-state index contributed by atoms with van der Waals surface area (Å²) in [5.74, 6) is 1.63. The van der Waals surface area contributed by atoms with Gasteiger partial charge < -0.3 is 14.4 Å². The Morgan fingerprint density at radius 2 is 1.88 bits per heavy atom. The molecule has 0 saturated heterocycles. The molecule has 0 saturated carbocycles. The molecule has 0 aliphatic carbocycles. The normalized spacial score (nSPS) is 15.5. The number of nitrogens with zero attached hydrogens (tertiary/aromatic N) is 6. The number of anilines is 2. The summed E-state index contributed by atoms with van der Waals surface area (Å²) in [7, 11) is -1.14. The predicted molar refractivity (Wildman–Crippen MR) is 162 cm³/mol. The fourth-order valence-corrected chi connectivity index (χ4v) is 6.12. The third kappa shape index (κ3) is 5.02. The van der Waals surface area contributed by atoms with Gasteiger partial charge in [0.1, 0.15) is 36.5 Å². The Morgan fingerprint density at radius 3 is 2.70 bits per heavy atom. The molecule has 1 unspecified atom stereocenters. The van der Waals surface area contributed by atoms with E-state index in [1.807, 2.05) is 42.0 Å². The Kier molecular flexibility index (Phi) is 6.93. The number of carbonyl (C=O) groups excluding carboxylic acids is 1. The molecule has 3 aromatic heterocycles. The zero-order valence-electron chi connectivity index (χ0n) is 23.5. The average Bonchev–Trinajstić information content (AvgIpc) is 3.27. The van der Waals surface area contributed by atoms with Gasteiger partial charge in [0.25, 0.3) is 0 Å². The van der Waals surface area contributed by atoms with Crippen molar-refractivity contribution in [2.45, 2.75) is 51.7 Å². The third-order valence-corrected chi connectivity index (χ3v) is 9.36. The van der Waals surface area contributed by atoms with Crippen molar-refractivity contribution in [3.63, 3.8) is 0 Å². The minimum absolute atomic E-state index is 0.0945. The number of benzene rings is 2. The number of ether oxygens (including phenoxy) is 1. The maximum Gasteiger partial charge on any atom is 0.161 e. The van der Waals surface area contributed by atoms with E-state index < -0.39 is 8.07 Å². The van der Waals surface area contributed by atoms with Gasteiger partial charge in [0.05, 0.1) is 5.52 Å². The molecule has 5 aromatic rings.